The lowest BCUT2D eigenvalue weighted by Crippen LogP contribution is -2.30. The molecule has 0 aliphatic carbocycles. The van der Waals surface area contributed by atoms with E-state index in [0.29, 0.717) is 0 Å². The van der Waals surface area contributed by atoms with Gasteiger partial charge in [-0.25, -0.2) is 8.78 Å². The largest absolute Gasteiger partial charge is 0.207 e. The number of nitrogens with zero attached hydrogens (tertiary/aromatic N) is 1. The van der Waals surface area contributed by atoms with E-state index in [4.69, 9.17) is 5.26 Å². The normalized spacial score (nSPS) is 13.3. The van der Waals surface area contributed by atoms with Crippen molar-refractivity contribution >= 4 is 8.07 Å². The summed E-state index contributed by atoms with van der Waals surface area (Å²) in [6, 6.07) is 3.86. The van der Waals surface area contributed by atoms with Crippen LogP contribution in [0.4, 0.5) is 8.78 Å². The molecule has 0 N–H and O–H groups in total. The first-order valence-corrected chi connectivity index (χ1v) is 8.57. The van der Waals surface area contributed by atoms with E-state index in [-0.39, 0.29) is 16.7 Å². The molecule has 0 aliphatic heterocycles. The average molecular weight is 238 g/mol. The summed E-state index contributed by atoms with van der Waals surface area (Å²) in [4.78, 5) is 0. The summed E-state index contributed by atoms with van der Waals surface area (Å²) in [6.45, 7) is 9.86. The maximum atomic E-state index is 13.7. The monoisotopic (exact) mass is 238 g/mol. The van der Waals surface area contributed by atoms with Gasteiger partial charge in [-0.05, 0) is 24.6 Å². The standard InChI is InChI=1S/C12H14F2NSi/c1-8(16(2,3)4)12-10(13)5-9(7-15)6-11(12)14/h5-6,8H,1H2,2-4H3. The van der Waals surface area contributed by atoms with Gasteiger partial charge in [0.05, 0.1) is 19.7 Å². The van der Waals surface area contributed by atoms with Crippen LogP contribution in [0.15, 0.2) is 12.1 Å². The minimum atomic E-state index is -1.77. The maximum Gasteiger partial charge on any atom is 0.130 e. The van der Waals surface area contributed by atoms with Crippen LogP contribution in [-0.4, -0.2) is 8.07 Å². The molecule has 0 bridgehead atoms. The molecule has 1 rings (SSSR count). The van der Waals surface area contributed by atoms with Crippen LogP contribution >= 0.6 is 0 Å². The molecule has 0 fully saturated rings. The zero-order chi connectivity index (χ0) is 12.5. The second kappa shape index (κ2) is 4.34. The van der Waals surface area contributed by atoms with Gasteiger partial charge in [0.15, 0.2) is 0 Å². The highest BCUT2D eigenvalue weighted by Crippen LogP contribution is 2.30. The highest BCUT2D eigenvalue weighted by atomic mass is 28.3. The van der Waals surface area contributed by atoms with Crippen molar-refractivity contribution in [3.8, 4) is 6.07 Å². The molecular weight excluding hydrogens is 224 g/mol. The van der Waals surface area contributed by atoms with E-state index < -0.39 is 19.7 Å². The van der Waals surface area contributed by atoms with Crippen LogP contribution in [0.1, 0.15) is 16.7 Å². The van der Waals surface area contributed by atoms with Crippen molar-refractivity contribution in [2.45, 2.75) is 25.2 Å². The summed E-state index contributed by atoms with van der Waals surface area (Å²) < 4.78 is 27.3. The number of rotatable bonds is 2. The van der Waals surface area contributed by atoms with Crippen LogP contribution in [0.25, 0.3) is 0 Å². The van der Waals surface area contributed by atoms with E-state index in [9.17, 15) is 8.78 Å². The fourth-order valence-electron chi connectivity index (χ4n) is 1.41. The number of halogens is 2. The Kier molecular flexibility index (Phi) is 3.49. The first-order valence-electron chi connectivity index (χ1n) is 4.99. The Bertz CT molecular complexity index is 420. The molecule has 0 aliphatic rings. The Labute approximate surface area is 95.7 Å². The third-order valence-corrected chi connectivity index (χ3v) is 4.98. The highest BCUT2D eigenvalue weighted by Gasteiger charge is 2.29. The summed E-state index contributed by atoms with van der Waals surface area (Å²) in [5.74, 6) is -1.34. The number of benzene rings is 1. The fraction of sp³-hybridized carbons (Fsp3) is 0.333. The lowest BCUT2D eigenvalue weighted by atomic mass is 10.1. The van der Waals surface area contributed by atoms with E-state index in [1.54, 1.807) is 6.07 Å². The van der Waals surface area contributed by atoms with Crippen LogP contribution in [0.2, 0.25) is 19.6 Å². The summed E-state index contributed by atoms with van der Waals surface area (Å²) in [5, 5.41) is 8.59. The Balaban J connectivity index is 3.32. The number of hydrogen-bond acceptors (Lipinski definition) is 1. The second-order valence-corrected chi connectivity index (χ2v) is 10.3. The van der Waals surface area contributed by atoms with E-state index in [1.165, 1.54) is 0 Å². The van der Waals surface area contributed by atoms with Gasteiger partial charge in [-0.15, -0.1) is 0 Å². The summed E-state index contributed by atoms with van der Waals surface area (Å²) in [5.41, 5.74) is -0.347. The second-order valence-electron chi connectivity index (χ2n) is 4.88. The summed E-state index contributed by atoms with van der Waals surface area (Å²) in [7, 11) is -1.77. The molecule has 4 heteroatoms. The first kappa shape index (κ1) is 12.9. The molecule has 0 aromatic heterocycles. The predicted molar refractivity (Wildman–Crippen MR) is 62.5 cm³/mol. The number of nitriles is 1. The van der Waals surface area contributed by atoms with Crippen molar-refractivity contribution in [1.29, 1.82) is 5.26 Å². The van der Waals surface area contributed by atoms with Gasteiger partial charge < -0.3 is 0 Å². The van der Waals surface area contributed by atoms with Crippen molar-refractivity contribution in [1.82, 2.24) is 0 Å². The van der Waals surface area contributed by atoms with E-state index in [1.807, 2.05) is 19.6 Å². The van der Waals surface area contributed by atoms with Crippen molar-refractivity contribution in [3.05, 3.63) is 41.8 Å². The molecule has 1 aromatic rings. The SMILES string of the molecule is [CH2]C(c1c(F)cc(C#N)cc1F)[Si](C)(C)C. The average Bonchev–Trinajstić information content (AvgIpc) is 2.14. The Hall–Kier alpha value is -1.21. The molecule has 1 unspecified atom stereocenters. The lowest BCUT2D eigenvalue weighted by molar-refractivity contribution is 0.557. The summed E-state index contributed by atoms with van der Waals surface area (Å²) in [6.07, 6.45) is 0. The predicted octanol–water partition coefficient (Wildman–Crippen LogP) is 3.63. The zero-order valence-electron chi connectivity index (χ0n) is 9.64. The third kappa shape index (κ3) is 2.48. The first-order chi connectivity index (χ1) is 7.27. The van der Waals surface area contributed by atoms with Gasteiger partial charge in [-0.2, -0.15) is 5.26 Å². The van der Waals surface area contributed by atoms with E-state index in [2.05, 4.69) is 6.92 Å². The van der Waals surface area contributed by atoms with Crippen LogP contribution in [0.5, 0.6) is 0 Å². The van der Waals surface area contributed by atoms with Gasteiger partial charge in [0.1, 0.15) is 11.6 Å². The molecule has 0 amide bonds. The van der Waals surface area contributed by atoms with Gasteiger partial charge >= 0.3 is 0 Å². The van der Waals surface area contributed by atoms with Crippen molar-refractivity contribution in [3.63, 3.8) is 0 Å². The highest BCUT2D eigenvalue weighted by molar-refractivity contribution is 6.77. The van der Waals surface area contributed by atoms with Crippen molar-refractivity contribution < 1.29 is 8.78 Å². The van der Waals surface area contributed by atoms with E-state index in [0.717, 1.165) is 12.1 Å². The van der Waals surface area contributed by atoms with Crippen LogP contribution in [0, 0.1) is 29.9 Å². The quantitative estimate of drug-likeness (QED) is 0.722. The molecule has 16 heavy (non-hydrogen) atoms. The van der Waals surface area contributed by atoms with Crippen LogP contribution in [-0.2, 0) is 0 Å². The summed E-state index contributed by atoms with van der Waals surface area (Å²) >= 11 is 0. The number of hydrogen-bond donors (Lipinski definition) is 0. The maximum absolute atomic E-state index is 13.7. The molecule has 1 nitrogen and oxygen atoms in total. The fourth-order valence-corrected chi connectivity index (χ4v) is 2.56. The van der Waals surface area contributed by atoms with Crippen LogP contribution in [0.3, 0.4) is 0 Å². The van der Waals surface area contributed by atoms with Crippen LogP contribution < -0.4 is 0 Å². The Morgan fingerprint density at radius 3 is 2.00 bits per heavy atom. The van der Waals surface area contributed by atoms with Crippen molar-refractivity contribution in [2.24, 2.45) is 0 Å². The molecule has 0 heterocycles. The molecule has 85 valence electrons. The van der Waals surface area contributed by atoms with Crippen molar-refractivity contribution in [2.75, 3.05) is 0 Å². The molecule has 0 saturated carbocycles. The Morgan fingerprint density at radius 2 is 1.69 bits per heavy atom. The molecule has 1 aromatic carbocycles. The zero-order valence-corrected chi connectivity index (χ0v) is 10.6. The smallest absolute Gasteiger partial charge is 0.130 e. The minimum Gasteiger partial charge on any atom is -0.207 e. The molecular formula is C12H14F2NSi. The molecule has 1 atom stereocenters. The lowest BCUT2D eigenvalue weighted by Gasteiger charge is -2.26. The van der Waals surface area contributed by atoms with Gasteiger partial charge in [0.25, 0.3) is 0 Å². The van der Waals surface area contributed by atoms with Gasteiger partial charge in [0.2, 0.25) is 0 Å². The third-order valence-electron chi connectivity index (χ3n) is 2.60. The van der Waals surface area contributed by atoms with E-state index >= 15 is 0 Å². The van der Waals surface area contributed by atoms with Gasteiger partial charge in [-0.3, -0.25) is 0 Å². The topological polar surface area (TPSA) is 23.8 Å². The molecule has 0 spiro atoms. The van der Waals surface area contributed by atoms with Gasteiger partial charge in [0, 0.05) is 5.56 Å². The minimum absolute atomic E-state index is 0.00141. The van der Waals surface area contributed by atoms with Gasteiger partial charge in [-0.1, -0.05) is 19.6 Å². The molecule has 0 saturated heterocycles. The Morgan fingerprint density at radius 1 is 1.25 bits per heavy atom. The molecule has 1 radical (unpaired) electrons.